The van der Waals surface area contributed by atoms with Gasteiger partial charge in [-0.25, -0.2) is 0 Å². The minimum absolute atomic E-state index is 0. The Kier molecular flexibility index (Phi) is 9.96. The van der Waals surface area contributed by atoms with Crippen LogP contribution in [0.3, 0.4) is 0 Å². The number of nitrogens with zero attached hydrogens (tertiary/aromatic N) is 2. The van der Waals surface area contributed by atoms with Gasteiger partial charge in [-0.3, -0.25) is 4.99 Å². The normalized spacial score (nSPS) is 12.7. The van der Waals surface area contributed by atoms with Gasteiger partial charge in [0.25, 0.3) is 0 Å². The molecule has 1 aromatic carbocycles. The van der Waals surface area contributed by atoms with Crippen molar-refractivity contribution in [1.29, 1.82) is 0 Å². The molecule has 114 valence electrons. The van der Waals surface area contributed by atoms with Crippen LogP contribution in [-0.2, 0) is 4.74 Å². The van der Waals surface area contributed by atoms with Gasteiger partial charge in [-0.05, 0) is 31.5 Å². The molecule has 20 heavy (non-hydrogen) atoms. The van der Waals surface area contributed by atoms with Crippen LogP contribution >= 0.6 is 35.6 Å². The van der Waals surface area contributed by atoms with Crippen molar-refractivity contribution in [3.8, 4) is 0 Å². The average molecular weight is 412 g/mol. The van der Waals surface area contributed by atoms with Crippen LogP contribution in [0.25, 0.3) is 0 Å². The molecule has 0 aliphatic heterocycles. The third-order valence-electron chi connectivity index (χ3n) is 3.01. The molecule has 4 nitrogen and oxygen atoms in total. The van der Waals surface area contributed by atoms with E-state index in [-0.39, 0.29) is 30.1 Å². The molecule has 0 aromatic heterocycles. The summed E-state index contributed by atoms with van der Waals surface area (Å²) in [6, 6.07) is 7.61. The Morgan fingerprint density at radius 1 is 1.40 bits per heavy atom. The van der Waals surface area contributed by atoms with Crippen molar-refractivity contribution in [2.24, 2.45) is 10.7 Å². The number of halogens is 2. The molecule has 0 spiro atoms. The average Bonchev–Trinajstić information content (AvgIpc) is 2.41. The summed E-state index contributed by atoms with van der Waals surface area (Å²) in [5, 5.41) is 0.695. The molecule has 0 aliphatic carbocycles. The Balaban J connectivity index is 0.00000361. The second-order valence-corrected chi connectivity index (χ2v) is 4.59. The number of nitrogens with two attached hydrogens (primary N) is 1. The lowest BCUT2D eigenvalue weighted by Crippen LogP contribution is -2.37. The first-order valence-corrected chi connectivity index (χ1v) is 6.83. The first-order chi connectivity index (χ1) is 9.12. The fourth-order valence-corrected chi connectivity index (χ4v) is 2.05. The second kappa shape index (κ2) is 10.2. The predicted octanol–water partition coefficient (Wildman–Crippen LogP) is 3.30. The van der Waals surface area contributed by atoms with Crippen LogP contribution in [0, 0.1) is 0 Å². The van der Waals surface area contributed by atoms with Crippen LogP contribution in [0.15, 0.2) is 29.3 Å². The van der Waals surface area contributed by atoms with E-state index in [9.17, 15) is 0 Å². The SMILES string of the molecule is CCN(CC)C(N)=NCC(OC)c1cccc(Cl)c1.I. The Bertz CT molecular complexity index is 425. The second-order valence-electron chi connectivity index (χ2n) is 4.15. The zero-order valence-electron chi connectivity index (χ0n) is 12.2. The van der Waals surface area contributed by atoms with Gasteiger partial charge < -0.3 is 15.4 Å². The lowest BCUT2D eigenvalue weighted by molar-refractivity contribution is 0.110. The van der Waals surface area contributed by atoms with E-state index in [2.05, 4.69) is 18.8 Å². The van der Waals surface area contributed by atoms with Crippen molar-refractivity contribution < 1.29 is 4.74 Å². The van der Waals surface area contributed by atoms with Gasteiger partial charge in [0.15, 0.2) is 5.96 Å². The van der Waals surface area contributed by atoms with E-state index >= 15 is 0 Å². The summed E-state index contributed by atoms with van der Waals surface area (Å²) in [6.07, 6.45) is -0.132. The van der Waals surface area contributed by atoms with E-state index < -0.39 is 0 Å². The van der Waals surface area contributed by atoms with Crippen LogP contribution in [-0.4, -0.2) is 37.6 Å². The van der Waals surface area contributed by atoms with Gasteiger partial charge >= 0.3 is 0 Å². The van der Waals surface area contributed by atoms with Crippen molar-refractivity contribution in [2.75, 3.05) is 26.7 Å². The molecule has 1 atom stereocenters. The molecule has 0 fully saturated rings. The van der Waals surface area contributed by atoms with Gasteiger partial charge in [0.1, 0.15) is 6.10 Å². The maximum absolute atomic E-state index is 5.98. The molecule has 0 aliphatic rings. The highest BCUT2D eigenvalue weighted by Gasteiger charge is 2.11. The molecule has 0 bridgehead atoms. The van der Waals surface area contributed by atoms with E-state index in [1.54, 1.807) is 7.11 Å². The molecule has 0 saturated heterocycles. The predicted molar refractivity (Wildman–Crippen MR) is 96.0 cm³/mol. The van der Waals surface area contributed by atoms with Gasteiger partial charge in [-0.15, -0.1) is 24.0 Å². The highest BCUT2D eigenvalue weighted by molar-refractivity contribution is 14.0. The van der Waals surface area contributed by atoms with Crippen LogP contribution < -0.4 is 5.73 Å². The lowest BCUT2D eigenvalue weighted by Gasteiger charge is -2.20. The molecule has 1 aromatic rings. The summed E-state index contributed by atoms with van der Waals surface area (Å²) in [7, 11) is 1.66. The molecule has 0 amide bonds. The van der Waals surface area contributed by atoms with Gasteiger partial charge in [0, 0.05) is 25.2 Å². The summed E-state index contributed by atoms with van der Waals surface area (Å²) >= 11 is 5.98. The first kappa shape index (κ1) is 19.5. The fourth-order valence-electron chi connectivity index (χ4n) is 1.85. The van der Waals surface area contributed by atoms with E-state index in [4.69, 9.17) is 22.1 Å². The number of methoxy groups -OCH3 is 1. The summed E-state index contributed by atoms with van der Waals surface area (Å²) < 4.78 is 5.45. The summed E-state index contributed by atoms with van der Waals surface area (Å²) in [5.74, 6) is 0.550. The maximum atomic E-state index is 5.98. The molecule has 1 unspecified atom stereocenters. The number of aliphatic imine (C=N–C) groups is 1. The molecule has 0 heterocycles. The number of hydrogen-bond donors (Lipinski definition) is 1. The van der Waals surface area contributed by atoms with E-state index in [1.807, 2.05) is 29.2 Å². The van der Waals surface area contributed by atoms with Crippen molar-refractivity contribution in [3.05, 3.63) is 34.9 Å². The van der Waals surface area contributed by atoms with E-state index in [0.29, 0.717) is 17.5 Å². The third kappa shape index (κ3) is 5.85. The number of ether oxygens (including phenoxy) is 1. The zero-order chi connectivity index (χ0) is 14.3. The lowest BCUT2D eigenvalue weighted by atomic mass is 10.1. The summed E-state index contributed by atoms with van der Waals surface area (Å²) in [6.45, 7) is 6.29. The Labute approximate surface area is 143 Å². The maximum Gasteiger partial charge on any atom is 0.191 e. The minimum atomic E-state index is -0.132. The van der Waals surface area contributed by atoms with Crippen molar-refractivity contribution in [1.82, 2.24) is 4.90 Å². The van der Waals surface area contributed by atoms with Gasteiger partial charge in [-0.1, -0.05) is 23.7 Å². The number of guanidine groups is 1. The largest absolute Gasteiger partial charge is 0.375 e. The third-order valence-corrected chi connectivity index (χ3v) is 3.25. The zero-order valence-corrected chi connectivity index (χ0v) is 15.3. The monoisotopic (exact) mass is 411 g/mol. The first-order valence-electron chi connectivity index (χ1n) is 6.45. The Morgan fingerprint density at radius 3 is 2.55 bits per heavy atom. The van der Waals surface area contributed by atoms with Crippen LogP contribution in [0.1, 0.15) is 25.5 Å². The number of rotatable bonds is 6. The van der Waals surface area contributed by atoms with Gasteiger partial charge in [0.05, 0.1) is 6.54 Å². The molecule has 0 saturated carbocycles. The fraction of sp³-hybridized carbons (Fsp3) is 0.500. The van der Waals surface area contributed by atoms with Crippen molar-refractivity contribution >= 4 is 41.5 Å². The van der Waals surface area contributed by atoms with Crippen LogP contribution in [0.2, 0.25) is 5.02 Å². The quantitative estimate of drug-likeness (QED) is 0.444. The summed E-state index contributed by atoms with van der Waals surface area (Å²) in [5.41, 5.74) is 6.95. The highest BCUT2D eigenvalue weighted by Crippen LogP contribution is 2.20. The van der Waals surface area contributed by atoms with Crippen molar-refractivity contribution in [3.63, 3.8) is 0 Å². The molecule has 0 radical (unpaired) electrons. The number of benzene rings is 1. The molecular formula is C14H23ClIN3O. The van der Waals surface area contributed by atoms with E-state index in [0.717, 1.165) is 18.7 Å². The smallest absolute Gasteiger partial charge is 0.191 e. The standard InChI is InChI=1S/C14H22ClN3O.HI/c1-4-18(5-2)14(16)17-10-13(19-3)11-7-6-8-12(15)9-11;/h6-9,13H,4-5,10H2,1-3H3,(H2,16,17);1H. The topological polar surface area (TPSA) is 50.8 Å². The van der Waals surface area contributed by atoms with Crippen LogP contribution in [0.5, 0.6) is 0 Å². The molecular weight excluding hydrogens is 389 g/mol. The molecule has 2 N–H and O–H groups in total. The number of hydrogen-bond acceptors (Lipinski definition) is 2. The Hall–Kier alpha value is -0.530. The van der Waals surface area contributed by atoms with Gasteiger partial charge in [-0.2, -0.15) is 0 Å². The Morgan fingerprint density at radius 2 is 2.05 bits per heavy atom. The van der Waals surface area contributed by atoms with Crippen molar-refractivity contribution in [2.45, 2.75) is 20.0 Å². The molecule has 1 rings (SSSR count). The molecule has 6 heteroatoms. The minimum Gasteiger partial charge on any atom is -0.375 e. The van der Waals surface area contributed by atoms with Gasteiger partial charge in [0.2, 0.25) is 0 Å². The van der Waals surface area contributed by atoms with E-state index in [1.165, 1.54) is 0 Å². The van der Waals surface area contributed by atoms with Crippen LogP contribution in [0.4, 0.5) is 0 Å². The summed E-state index contributed by atoms with van der Waals surface area (Å²) in [4.78, 5) is 6.40. The highest BCUT2D eigenvalue weighted by atomic mass is 127.